The quantitative estimate of drug-likeness (QED) is 0.157. The summed E-state index contributed by atoms with van der Waals surface area (Å²) in [7, 11) is -4.24. The fraction of sp³-hybridized carbons (Fsp3) is 0. The van der Waals surface area contributed by atoms with Crippen LogP contribution in [0.3, 0.4) is 0 Å². The third-order valence-corrected chi connectivity index (χ3v) is 5.83. The second-order valence-corrected chi connectivity index (χ2v) is 8.83. The van der Waals surface area contributed by atoms with Crippen LogP contribution in [0, 0.1) is 13.7 Å². The first-order chi connectivity index (χ1) is 14.8. The van der Waals surface area contributed by atoms with E-state index in [9.17, 15) is 23.3 Å². The molecule has 0 radical (unpaired) electrons. The molecule has 0 fully saturated rings. The van der Waals surface area contributed by atoms with Crippen LogP contribution in [-0.2, 0) is 10.1 Å². The molecule has 0 aliphatic heterocycles. The Bertz CT molecular complexity index is 1260. The summed E-state index contributed by atoms with van der Waals surface area (Å²) in [5.74, 6) is -0.445. The number of rotatable bonds is 7. The van der Waals surface area contributed by atoms with Crippen molar-refractivity contribution < 1.29 is 22.3 Å². The number of halogens is 1. The van der Waals surface area contributed by atoms with E-state index in [1.807, 2.05) is 6.07 Å². The van der Waals surface area contributed by atoms with Crippen molar-refractivity contribution in [3.63, 3.8) is 0 Å². The maximum absolute atomic E-state index is 12.5. The van der Waals surface area contributed by atoms with Gasteiger partial charge in [-0.2, -0.15) is 13.5 Å². The van der Waals surface area contributed by atoms with Crippen molar-refractivity contribution in [3.05, 3.63) is 97.6 Å². The van der Waals surface area contributed by atoms with Crippen LogP contribution in [-0.4, -0.2) is 25.5 Å². The van der Waals surface area contributed by atoms with E-state index in [0.29, 0.717) is 11.1 Å². The average molecular weight is 551 g/mol. The van der Waals surface area contributed by atoms with Crippen LogP contribution in [0.4, 0.5) is 5.69 Å². The first-order valence-corrected chi connectivity index (χ1v) is 11.1. The number of carbonyl (C=O) groups excluding carboxylic acids is 1. The Morgan fingerprint density at radius 3 is 2.45 bits per heavy atom. The van der Waals surface area contributed by atoms with Gasteiger partial charge in [0.15, 0.2) is 5.75 Å². The second kappa shape index (κ2) is 9.66. The monoisotopic (exact) mass is 551 g/mol. The Balaban J connectivity index is 1.76. The summed E-state index contributed by atoms with van der Waals surface area (Å²) in [4.78, 5) is 22.0. The molecule has 0 saturated heterocycles. The molecule has 0 saturated carbocycles. The highest BCUT2D eigenvalue weighted by Crippen LogP contribution is 2.23. The third kappa shape index (κ3) is 5.86. The number of amides is 1. The fourth-order valence-electron chi connectivity index (χ4n) is 2.42. The molecule has 9 nitrogen and oxygen atoms in total. The summed E-state index contributed by atoms with van der Waals surface area (Å²) in [6, 6.07) is 17.4. The average Bonchev–Trinajstić information content (AvgIpc) is 2.74. The minimum absolute atomic E-state index is 0.0203. The van der Waals surface area contributed by atoms with Gasteiger partial charge in [-0.1, -0.05) is 18.2 Å². The van der Waals surface area contributed by atoms with Gasteiger partial charge in [0.25, 0.3) is 11.6 Å². The molecule has 11 heteroatoms. The number of nitro benzene ring substituents is 1. The number of non-ortho nitro benzene ring substituents is 1. The molecule has 0 spiro atoms. The van der Waals surface area contributed by atoms with Crippen molar-refractivity contribution in [3.8, 4) is 5.75 Å². The first-order valence-electron chi connectivity index (χ1n) is 8.63. The Hall–Kier alpha value is -3.32. The minimum Gasteiger partial charge on any atom is -0.378 e. The van der Waals surface area contributed by atoms with Gasteiger partial charge in [0.1, 0.15) is 4.90 Å². The third-order valence-electron chi connectivity index (χ3n) is 3.91. The molecule has 0 aliphatic carbocycles. The number of hydrogen-bond donors (Lipinski definition) is 1. The number of nitro groups is 1. The molecule has 1 amide bonds. The lowest BCUT2D eigenvalue weighted by atomic mass is 10.2. The summed E-state index contributed by atoms with van der Waals surface area (Å²) in [6.07, 6.45) is 1.26. The van der Waals surface area contributed by atoms with Gasteiger partial charge in [0, 0.05) is 26.8 Å². The highest BCUT2D eigenvalue weighted by molar-refractivity contribution is 14.1. The van der Waals surface area contributed by atoms with E-state index in [0.717, 1.165) is 27.8 Å². The summed E-state index contributed by atoms with van der Waals surface area (Å²) >= 11 is 2.09. The number of hydrazone groups is 1. The maximum atomic E-state index is 12.5. The number of nitrogens with one attached hydrogen (secondary N) is 1. The van der Waals surface area contributed by atoms with E-state index >= 15 is 0 Å². The van der Waals surface area contributed by atoms with E-state index < -0.39 is 20.9 Å². The van der Waals surface area contributed by atoms with Crippen molar-refractivity contribution >= 4 is 50.5 Å². The SMILES string of the molecule is O=C(N/N=C\c1ccccc1OS(=O)(=O)c1ccc([N+](=O)[O-])cc1)c1cccc(I)c1. The molecule has 3 rings (SSSR count). The molecule has 0 bridgehead atoms. The summed E-state index contributed by atoms with van der Waals surface area (Å²) in [5.41, 5.74) is 2.86. The van der Waals surface area contributed by atoms with Crippen LogP contribution in [0.2, 0.25) is 0 Å². The minimum atomic E-state index is -4.24. The van der Waals surface area contributed by atoms with Crippen molar-refractivity contribution in [2.45, 2.75) is 4.90 Å². The zero-order valence-corrected chi connectivity index (χ0v) is 18.6. The smallest absolute Gasteiger partial charge is 0.339 e. The zero-order valence-electron chi connectivity index (χ0n) is 15.6. The molecule has 31 heavy (non-hydrogen) atoms. The molecule has 3 aromatic rings. The topological polar surface area (TPSA) is 128 Å². The largest absolute Gasteiger partial charge is 0.378 e. The molecular weight excluding hydrogens is 537 g/mol. The van der Waals surface area contributed by atoms with Crippen molar-refractivity contribution in [1.29, 1.82) is 0 Å². The van der Waals surface area contributed by atoms with E-state index in [1.54, 1.807) is 36.4 Å². The predicted octanol–water partition coefficient (Wildman–Crippen LogP) is 3.73. The van der Waals surface area contributed by atoms with Crippen LogP contribution in [0.5, 0.6) is 5.75 Å². The van der Waals surface area contributed by atoms with Crippen molar-refractivity contribution in [1.82, 2.24) is 5.43 Å². The maximum Gasteiger partial charge on any atom is 0.339 e. The molecule has 0 atom stereocenters. The molecule has 0 aliphatic rings. The Morgan fingerprint density at radius 1 is 1.06 bits per heavy atom. The van der Waals surface area contributed by atoms with Gasteiger partial charge >= 0.3 is 10.1 Å². The van der Waals surface area contributed by atoms with Gasteiger partial charge in [-0.3, -0.25) is 14.9 Å². The molecular formula is C20H14IN3O6S. The highest BCUT2D eigenvalue weighted by atomic mass is 127. The van der Waals surface area contributed by atoms with Gasteiger partial charge in [0.2, 0.25) is 0 Å². The predicted molar refractivity (Wildman–Crippen MR) is 122 cm³/mol. The van der Waals surface area contributed by atoms with Gasteiger partial charge in [-0.25, -0.2) is 5.43 Å². The molecule has 3 aromatic carbocycles. The number of para-hydroxylation sites is 1. The molecule has 1 N–H and O–H groups in total. The second-order valence-electron chi connectivity index (χ2n) is 6.04. The van der Waals surface area contributed by atoms with Crippen LogP contribution in [0.25, 0.3) is 0 Å². The highest BCUT2D eigenvalue weighted by Gasteiger charge is 2.19. The Kier molecular flexibility index (Phi) is 6.97. The summed E-state index contributed by atoms with van der Waals surface area (Å²) < 4.78 is 31.1. The number of nitrogens with zero attached hydrogens (tertiary/aromatic N) is 2. The molecule has 158 valence electrons. The van der Waals surface area contributed by atoms with Crippen LogP contribution < -0.4 is 9.61 Å². The Labute approximate surface area is 191 Å². The van der Waals surface area contributed by atoms with E-state index in [-0.39, 0.29) is 16.3 Å². The molecule has 0 unspecified atom stereocenters. The summed E-state index contributed by atoms with van der Waals surface area (Å²) in [6.45, 7) is 0. The number of benzene rings is 3. The van der Waals surface area contributed by atoms with Crippen LogP contribution in [0.15, 0.2) is 82.8 Å². The van der Waals surface area contributed by atoms with Gasteiger partial charge < -0.3 is 4.18 Å². The van der Waals surface area contributed by atoms with Gasteiger partial charge in [-0.15, -0.1) is 0 Å². The van der Waals surface area contributed by atoms with Crippen LogP contribution in [0.1, 0.15) is 15.9 Å². The lowest BCUT2D eigenvalue weighted by Crippen LogP contribution is -2.17. The fourth-order valence-corrected chi connectivity index (χ4v) is 3.92. The number of hydrogen-bond acceptors (Lipinski definition) is 7. The first kappa shape index (κ1) is 22.4. The van der Waals surface area contributed by atoms with E-state index in [1.165, 1.54) is 12.3 Å². The van der Waals surface area contributed by atoms with E-state index in [2.05, 4.69) is 33.1 Å². The van der Waals surface area contributed by atoms with Crippen molar-refractivity contribution in [2.24, 2.45) is 5.10 Å². The number of carbonyl (C=O) groups is 1. The van der Waals surface area contributed by atoms with Gasteiger partial charge in [-0.05, 0) is 65.1 Å². The summed E-state index contributed by atoms with van der Waals surface area (Å²) in [5, 5.41) is 14.6. The lowest BCUT2D eigenvalue weighted by molar-refractivity contribution is -0.384. The van der Waals surface area contributed by atoms with E-state index in [4.69, 9.17) is 4.18 Å². The van der Waals surface area contributed by atoms with Crippen LogP contribution >= 0.6 is 22.6 Å². The lowest BCUT2D eigenvalue weighted by Gasteiger charge is -2.09. The molecule has 0 heterocycles. The van der Waals surface area contributed by atoms with Crippen molar-refractivity contribution in [2.75, 3.05) is 0 Å². The Morgan fingerprint density at radius 2 is 1.77 bits per heavy atom. The van der Waals surface area contributed by atoms with Gasteiger partial charge in [0.05, 0.1) is 11.1 Å². The normalized spacial score (nSPS) is 11.3. The molecule has 0 aromatic heterocycles. The zero-order chi connectivity index (χ0) is 22.4. The standard InChI is InChI=1S/C20H14IN3O6S/c21-16-6-3-5-14(12-16)20(25)23-22-13-15-4-1-2-7-19(15)30-31(28,29)18-10-8-17(9-11-18)24(26)27/h1-13H,(H,23,25)/b22-13-.